The number of hydrogen-bond acceptors (Lipinski definition) is 11. The van der Waals surface area contributed by atoms with Crippen molar-refractivity contribution in [1.82, 2.24) is 37.2 Å². The third-order valence-corrected chi connectivity index (χ3v) is 7.96. The van der Waals surface area contributed by atoms with Gasteiger partial charge >= 0.3 is 47.9 Å². The molecular weight excluding hydrogens is 778 g/mol. The molecule has 1 rings (SSSR count). The molecule has 0 aliphatic carbocycles. The van der Waals surface area contributed by atoms with E-state index in [1.807, 2.05) is 5.32 Å². The number of amides is 7. The van der Waals surface area contributed by atoms with Crippen molar-refractivity contribution >= 4 is 65.6 Å². The number of rotatable bonds is 27. The summed E-state index contributed by atoms with van der Waals surface area (Å²) in [6.07, 6.45) is -2.81. The van der Waals surface area contributed by atoms with Crippen molar-refractivity contribution in [2.45, 2.75) is 101 Å². The van der Waals surface area contributed by atoms with Crippen molar-refractivity contribution in [2.75, 3.05) is 6.54 Å². The minimum absolute atomic E-state index is 0.0413. The van der Waals surface area contributed by atoms with Crippen LogP contribution in [0.15, 0.2) is 24.3 Å². The van der Waals surface area contributed by atoms with Crippen molar-refractivity contribution in [3.05, 3.63) is 35.4 Å². The Labute approximate surface area is 329 Å². The highest BCUT2D eigenvalue weighted by atomic mass is 16.4. The second-order valence-corrected chi connectivity index (χ2v) is 12.6. The molecule has 320 valence electrons. The number of carboxylic acids is 6. The molecule has 0 heterocycles. The van der Waals surface area contributed by atoms with Gasteiger partial charge in [-0.05, 0) is 43.2 Å². The lowest BCUT2D eigenvalue weighted by Gasteiger charge is -2.23. The van der Waals surface area contributed by atoms with Gasteiger partial charge in [0.2, 0.25) is 17.7 Å². The highest BCUT2D eigenvalue weighted by molar-refractivity contribution is 5.96. The van der Waals surface area contributed by atoms with E-state index < -0.39 is 121 Å². The summed E-state index contributed by atoms with van der Waals surface area (Å²) in [6.45, 7) is 1.60. The average Bonchev–Trinajstić information content (AvgIpc) is 3.13. The molecule has 0 fully saturated rings. The first-order chi connectivity index (χ1) is 27.2. The maximum atomic E-state index is 12.9. The average molecular weight is 826 g/mol. The molecule has 0 saturated heterocycles. The van der Waals surface area contributed by atoms with Crippen molar-refractivity contribution in [2.24, 2.45) is 0 Å². The predicted molar refractivity (Wildman–Crippen MR) is 194 cm³/mol. The molecule has 0 aliphatic heterocycles. The number of urea groups is 2. The van der Waals surface area contributed by atoms with Crippen LogP contribution in [0.1, 0.15) is 69.4 Å². The topological polar surface area (TPSA) is 393 Å². The molecule has 0 radical (unpaired) electrons. The van der Waals surface area contributed by atoms with Gasteiger partial charge in [0, 0.05) is 19.5 Å². The maximum Gasteiger partial charge on any atom is 0.326 e. The summed E-state index contributed by atoms with van der Waals surface area (Å²) < 4.78 is 0. The van der Waals surface area contributed by atoms with Crippen LogP contribution in [0.4, 0.5) is 9.59 Å². The molecule has 0 saturated carbocycles. The van der Waals surface area contributed by atoms with Gasteiger partial charge in [-0.3, -0.25) is 28.8 Å². The monoisotopic (exact) mass is 825 g/mol. The van der Waals surface area contributed by atoms with Crippen molar-refractivity contribution < 1.29 is 83.4 Å². The first-order valence-corrected chi connectivity index (χ1v) is 17.6. The third-order valence-electron chi connectivity index (χ3n) is 7.96. The van der Waals surface area contributed by atoms with Crippen molar-refractivity contribution in [3.63, 3.8) is 0 Å². The van der Waals surface area contributed by atoms with E-state index in [4.69, 9.17) is 10.2 Å². The Morgan fingerprint density at radius 1 is 0.517 bits per heavy atom. The van der Waals surface area contributed by atoms with Crippen LogP contribution in [0.2, 0.25) is 0 Å². The maximum absolute atomic E-state index is 12.9. The number of carbonyl (C=O) groups excluding carboxylic acids is 5. The molecule has 24 nitrogen and oxygen atoms in total. The summed E-state index contributed by atoms with van der Waals surface area (Å²) in [5.41, 5.74) is 1.01. The molecule has 13 N–H and O–H groups in total. The first-order valence-electron chi connectivity index (χ1n) is 17.6. The third kappa shape index (κ3) is 20.1. The summed E-state index contributed by atoms with van der Waals surface area (Å²) in [5, 5.41) is 70.6. The molecule has 0 aromatic heterocycles. The van der Waals surface area contributed by atoms with Gasteiger partial charge in [-0.2, -0.15) is 0 Å². The van der Waals surface area contributed by atoms with E-state index in [2.05, 4.69) is 31.9 Å². The Morgan fingerprint density at radius 2 is 1.00 bits per heavy atom. The second kappa shape index (κ2) is 25.2. The predicted octanol–water partition coefficient (Wildman–Crippen LogP) is -1.83. The number of hydrogen-bond donors (Lipinski definition) is 13. The highest BCUT2D eigenvalue weighted by Crippen LogP contribution is 2.08. The van der Waals surface area contributed by atoms with Gasteiger partial charge in [-0.15, -0.1) is 0 Å². The standard InChI is InChI=1S/C34H47N7O17/c1-2-19(30(51)52)38-29(50)23(15-27(47)48)39-28(49)22(14-26(45)46)37-24(42)13-17-6-8-18(9-7-17)16-36-33(57)35-12-4-3-5-20(31(53)54)40-34(58)41-21(32(55)56)10-11-25(43)44/h6-9,19-23H,2-5,10-16H2,1H3,(H,37,42)(H,38,50)(H,39,49)(H,43,44)(H,45,46)(H,47,48)(H,51,52)(H,53,54)(H,55,56)(H2,35,36,57)(H2,40,41,58)/t19-,20-,21-,22-,23-/m0/s1. The number of aliphatic carboxylic acids is 6. The zero-order valence-electron chi connectivity index (χ0n) is 31.1. The van der Waals surface area contributed by atoms with Gasteiger partial charge in [0.15, 0.2) is 0 Å². The van der Waals surface area contributed by atoms with Gasteiger partial charge < -0.3 is 67.9 Å². The fraction of sp³-hybridized carbons (Fsp3) is 0.500. The van der Waals surface area contributed by atoms with E-state index in [1.54, 1.807) is 12.1 Å². The van der Waals surface area contributed by atoms with E-state index in [0.29, 0.717) is 17.5 Å². The zero-order valence-corrected chi connectivity index (χ0v) is 31.1. The SMILES string of the molecule is CC[C@H](NC(=O)[C@H](CC(=O)O)NC(=O)[C@H](CC(=O)O)NC(=O)Cc1ccc(CNC(=O)NCCCC[C@H](NC(=O)N[C@@H](CCC(=O)O)C(=O)O)C(=O)O)cc1)C(=O)O. The second-order valence-electron chi connectivity index (χ2n) is 12.6. The Morgan fingerprint density at radius 3 is 1.48 bits per heavy atom. The molecule has 58 heavy (non-hydrogen) atoms. The Balaban J connectivity index is 2.62. The Hall–Kier alpha value is -7.01. The summed E-state index contributed by atoms with van der Waals surface area (Å²) in [4.78, 5) is 130. The molecule has 5 atom stereocenters. The lowest BCUT2D eigenvalue weighted by molar-refractivity contribution is -0.145. The van der Waals surface area contributed by atoms with E-state index in [9.17, 15) is 73.2 Å². The number of unbranched alkanes of at least 4 members (excludes halogenated alkanes) is 1. The fourth-order valence-corrected chi connectivity index (χ4v) is 4.92. The molecule has 1 aromatic rings. The molecule has 1 aromatic carbocycles. The number of carboxylic acid groups (broad SMARTS) is 6. The normalized spacial score (nSPS) is 13.1. The Kier molecular flexibility index (Phi) is 21.3. The highest BCUT2D eigenvalue weighted by Gasteiger charge is 2.32. The van der Waals surface area contributed by atoms with E-state index >= 15 is 0 Å². The van der Waals surface area contributed by atoms with Crippen LogP contribution in [-0.4, -0.2) is 133 Å². The largest absolute Gasteiger partial charge is 0.481 e. The zero-order chi connectivity index (χ0) is 43.9. The van der Waals surface area contributed by atoms with Crippen LogP contribution >= 0.6 is 0 Å². The van der Waals surface area contributed by atoms with Crippen molar-refractivity contribution in [3.8, 4) is 0 Å². The lowest BCUT2D eigenvalue weighted by Crippen LogP contribution is -2.56. The van der Waals surface area contributed by atoms with Crippen molar-refractivity contribution in [1.29, 1.82) is 0 Å². The van der Waals surface area contributed by atoms with Crippen LogP contribution in [0.3, 0.4) is 0 Å². The number of carbonyl (C=O) groups is 11. The molecule has 7 amide bonds. The Bertz CT molecular complexity index is 1670. The lowest BCUT2D eigenvalue weighted by atomic mass is 10.1. The van der Waals surface area contributed by atoms with E-state index in [0.717, 1.165) is 0 Å². The molecule has 0 aliphatic rings. The van der Waals surface area contributed by atoms with Crippen LogP contribution in [0, 0.1) is 0 Å². The van der Waals surface area contributed by atoms with Crippen LogP contribution in [0.5, 0.6) is 0 Å². The summed E-state index contributed by atoms with van der Waals surface area (Å²) in [5.74, 6) is -11.8. The summed E-state index contributed by atoms with van der Waals surface area (Å²) in [6, 6.07) is -3.37. The molecule has 0 bridgehead atoms. The van der Waals surface area contributed by atoms with Crippen LogP contribution < -0.4 is 37.2 Å². The number of nitrogens with one attached hydrogen (secondary N) is 7. The minimum atomic E-state index is -1.79. The van der Waals surface area contributed by atoms with Gasteiger partial charge in [0.25, 0.3) is 0 Å². The molecule has 24 heteroatoms. The van der Waals surface area contributed by atoms with Gasteiger partial charge in [0.1, 0.15) is 30.2 Å². The summed E-state index contributed by atoms with van der Waals surface area (Å²) >= 11 is 0. The number of benzene rings is 1. The smallest absolute Gasteiger partial charge is 0.326 e. The van der Waals surface area contributed by atoms with Crippen LogP contribution in [-0.2, 0) is 56.1 Å². The van der Waals surface area contributed by atoms with Gasteiger partial charge in [0.05, 0.1) is 19.3 Å². The minimum Gasteiger partial charge on any atom is -0.481 e. The fourth-order valence-electron chi connectivity index (χ4n) is 4.92. The van der Waals surface area contributed by atoms with E-state index in [1.165, 1.54) is 19.1 Å². The summed E-state index contributed by atoms with van der Waals surface area (Å²) in [7, 11) is 0. The van der Waals surface area contributed by atoms with E-state index in [-0.39, 0.29) is 38.8 Å². The van der Waals surface area contributed by atoms with Gasteiger partial charge in [-0.25, -0.2) is 24.0 Å². The molecule has 0 spiro atoms. The first kappa shape index (κ1) is 49.0. The van der Waals surface area contributed by atoms with Gasteiger partial charge in [-0.1, -0.05) is 31.2 Å². The molecular formula is C34H47N7O17. The van der Waals surface area contributed by atoms with Crippen LogP contribution in [0.25, 0.3) is 0 Å². The molecule has 0 unspecified atom stereocenters. The quantitative estimate of drug-likeness (QED) is 0.0434.